The molecule has 0 saturated heterocycles. The Labute approximate surface area is 129 Å². The van der Waals surface area contributed by atoms with Crippen LogP contribution in [0.2, 0.25) is 0 Å². The molecule has 21 heavy (non-hydrogen) atoms. The number of rotatable bonds is 5. The first-order chi connectivity index (χ1) is 10.2. The molecule has 4 nitrogen and oxygen atoms in total. The first-order valence-electron chi connectivity index (χ1n) is 7.04. The van der Waals surface area contributed by atoms with Crippen molar-refractivity contribution in [2.45, 2.75) is 36.6 Å². The normalized spacial score (nSPS) is 15.5. The SMILES string of the molecule is CSc1cccc(N/C=C(/C#N)C(=O)NC2CCCC2)c1. The second kappa shape index (κ2) is 7.75. The van der Waals surface area contributed by atoms with Crippen LogP contribution in [0, 0.1) is 11.3 Å². The maximum absolute atomic E-state index is 12.0. The minimum Gasteiger partial charge on any atom is -0.360 e. The van der Waals surface area contributed by atoms with E-state index in [1.165, 1.54) is 6.20 Å². The molecule has 0 spiro atoms. The molecule has 0 radical (unpaired) electrons. The van der Waals surface area contributed by atoms with Gasteiger partial charge < -0.3 is 10.6 Å². The highest BCUT2D eigenvalue weighted by molar-refractivity contribution is 7.98. The highest BCUT2D eigenvalue weighted by Gasteiger charge is 2.19. The van der Waals surface area contributed by atoms with Gasteiger partial charge in [0.1, 0.15) is 11.6 Å². The first-order valence-corrected chi connectivity index (χ1v) is 8.27. The van der Waals surface area contributed by atoms with Crippen LogP contribution in [0.1, 0.15) is 25.7 Å². The summed E-state index contributed by atoms with van der Waals surface area (Å²) < 4.78 is 0. The molecule has 0 aliphatic heterocycles. The van der Waals surface area contributed by atoms with Gasteiger partial charge >= 0.3 is 0 Å². The molecule has 110 valence electrons. The fourth-order valence-corrected chi connectivity index (χ4v) is 2.81. The summed E-state index contributed by atoms with van der Waals surface area (Å²) in [4.78, 5) is 13.2. The predicted octanol–water partition coefficient (Wildman–Crippen LogP) is 3.29. The molecule has 2 N–H and O–H groups in total. The highest BCUT2D eigenvalue weighted by atomic mass is 32.2. The maximum atomic E-state index is 12.0. The van der Waals surface area contributed by atoms with Crippen LogP contribution in [-0.2, 0) is 4.79 Å². The summed E-state index contributed by atoms with van der Waals surface area (Å²) in [5.41, 5.74) is 0.972. The zero-order chi connectivity index (χ0) is 15.1. The average Bonchev–Trinajstić information content (AvgIpc) is 3.01. The first kappa shape index (κ1) is 15.5. The molecule has 1 aliphatic rings. The molecule has 0 atom stereocenters. The lowest BCUT2D eigenvalue weighted by Crippen LogP contribution is -2.33. The summed E-state index contributed by atoms with van der Waals surface area (Å²) in [6.45, 7) is 0. The van der Waals surface area contributed by atoms with Crippen molar-refractivity contribution in [2.24, 2.45) is 0 Å². The quantitative estimate of drug-likeness (QED) is 0.497. The zero-order valence-corrected chi connectivity index (χ0v) is 12.9. The molecule has 1 fully saturated rings. The van der Waals surface area contributed by atoms with Crippen LogP contribution in [0.15, 0.2) is 40.9 Å². The van der Waals surface area contributed by atoms with Crippen LogP contribution < -0.4 is 10.6 Å². The molecular weight excluding hydrogens is 282 g/mol. The predicted molar refractivity (Wildman–Crippen MR) is 85.9 cm³/mol. The summed E-state index contributed by atoms with van der Waals surface area (Å²) in [6.07, 6.45) is 7.79. The monoisotopic (exact) mass is 301 g/mol. The number of hydrogen-bond donors (Lipinski definition) is 2. The van der Waals surface area contributed by atoms with Crippen molar-refractivity contribution in [3.05, 3.63) is 36.0 Å². The summed E-state index contributed by atoms with van der Waals surface area (Å²) in [7, 11) is 0. The van der Waals surface area contributed by atoms with Crippen LogP contribution in [-0.4, -0.2) is 18.2 Å². The van der Waals surface area contributed by atoms with E-state index in [1.54, 1.807) is 11.8 Å². The van der Waals surface area contributed by atoms with E-state index < -0.39 is 0 Å². The topological polar surface area (TPSA) is 64.9 Å². The lowest BCUT2D eigenvalue weighted by atomic mass is 10.2. The van der Waals surface area contributed by atoms with Crippen LogP contribution in [0.4, 0.5) is 5.69 Å². The molecule has 1 saturated carbocycles. The second-order valence-corrected chi connectivity index (χ2v) is 5.88. The Morgan fingerprint density at radius 3 is 2.86 bits per heavy atom. The van der Waals surface area contributed by atoms with Gasteiger partial charge in [-0.1, -0.05) is 18.9 Å². The van der Waals surface area contributed by atoms with Crippen molar-refractivity contribution in [3.63, 3.8) is 0 Å². The smallest absolute Gasteiger partial charge is 0.263 e. The van der Waals surface area contributed by atoms with Gasteiger partial charge in [-0.3, -0.25) is 4.79 Å². The summed E-state index contributed by atoms with van der Waals surface area (Å²) in [5, 5.41) is 15.1. The lowest BCUT2D eigenvalue weighted by Gasteiger charge is -2.11. The molecule has 0 heterocycles. The number of hydrogen-bond acceptors (Lipinski definition) is 4. The number of benzene rings is 1. The van der Waals surface area contributed by atoms with E-state index >= 15 is 0 Å². The molecule has 0 unspecified atom stereocenters. The average molecular weight is 301 g/mol. The van der Waals surface area contributed by atoms with Crippen LogP contribution in [0.25, 0.3) is 0 Å². The summed E-state index contributed by atoms with van der Waals surface area (Å²) in [5.74, 6) is -0.294. The van der Waals surface area contributed by atoms with Gasteiger partial charge in [0.25, 0.3) is 5.91 Å². The van der Waals surface area contributed by atoms with Crippen LogP contribution in [0.5, 0.6) is 0 Å². The van der Waals surface area contributed by atoms with Crippen LogP contribution >= 0.6 is 11.8 Å². The minimum absolute atomic E-state index is 0.108. The van der Waals surface area contributed by atoms with E-state index in [-0.39, 0.29) is 17.5 Å². The Kier molecular flexibility index (Phi) is 5.70. The molecule has 1 aromatic carbocycles. The molecule has 5 heteroatoms. The van der Waals surface area contributed by atoms with Gasteiger partial charge in [-0.05, 0) is 37.3 Å². The number of amides is 1. The number of anilines is 1. The Morgan fingerprint density at radius 2 is 2.19 bits per heavy atom. The van der Waals surface area contributed by atoms with Crippen molar-refractivity contribution in [2.75, 3.05) is 11.6 Å². The third kappa shape index (κ3) is 4.54. The van der Waals surface area contributed by atoms with E-state index in [1.807, 2.05) is 36.6 Å². The number of nitrogens with zero attached hydrogens (tertiary/aromatic N) is 1. The molecule has 0 bridgehead atoms. The number of carbonyl (C=O) groups excluding carboxylic acids is 1. The molecule has 1 aliphatic carbocycles. The van der Waals surface area contributed by atoms with E-state index in [0.717, 1.165) is 36.3 Å². The fourth-order valence-electron chi connectivity index (χ4n) is 2.35. The third-order valence-electron chi connectivity index (χ3n) is 3.51. The summed E-state index contributed by atoms with van der Waals surface area (Å²) >= 11 is 1.65. The van der Waals surface area contributed by atoms with Gasteiger partial charge in [0.2, 0.25) is 0 Å². The molecular formula is C16H19N3OS. The zero-order valence-electron chi connectivity index (χ0n) is 12.1. The lowest BCUT2D eigenvalue weighted by molar-refractivity contribution is -0.117. The standard InChI is InChI=1S/C16H19N3OS/c1-21-15-8-4-7-14(9-15)18-11-12(10-17)16(20)19-13-5-2-3-6-13/h4,7-9,11,13,18H,2-3,5-6H2,1H3,(H,19,20)/b12-11-. The number of carbonyl (C=O) groups is 1. The van der Waals surface area contributed by atoms with Crippen molar-refractivity contribution >= 4 is 23.4 Å². The molecule has 1 aromatic rings. The fraction of sp³-hybridized carbons (Fsp3) is 0.375. The van der Waals surface area contributed by atoms with E-state index in [0.29, 0.717) is 0 Å². The number of nitriles is 1. The maximum Gasteiger partial charge on any atom is 0.263 e. The van der Waals surface area contributed by atoms with Crippen molar-refractivity contribution in [3.8, 4) is 6.07 Å². The molecule has 2 rings (SSSR count). The van der Waals surface area contributed by atoms with Gasteiger partial charge in [-0.2, -0.15) is 5.26 Å². The van der Waals surface area contributed by atoms with Gasteiger partial charge in [0.05, 0.1) is 0 Å². The van der Waals surface area contributed by atoms with Gasteiger partial charge in [-0.15, -0.1) is 11.8 Å². The largest absolute Gasteiger partial charge is 0.360 e. The molecule has 1 amide bonds. The summed E-state index contributed by atoms with van der Waals surface area (Å²) in [6, 6.07) is 10.0. The number of nitrogens with one attached hydrogen (secondary N) is 2. The second-order valence-electron chi connectivity index (χ2n) is 5.00. The number of thioether (sulfide) groups is 1. The third-order valence-corrected chi connectivity index (χ3v) is 4.23. The Bertz CT molecular complexity index is 571. The van der Waals surface area contributed by atoms with Gasteiger partial charge in [0.15, 0.2) is 0 Å². The molecule has 0 aromatic heterocycles. The Hall–Kier alpha value is -1.93. The van der Waals surface area contributed by atoms with Gasteiger partial charge in [0, 0.05) is 22.8 Å². The Morgan fingerprint density at radius 1 is 1.43 bits per heavy atom. The highest BCUT2D eigenvalue weighted by Crippen LogP contribution is 2.20. The van der Waals surface area contributed by atoms with Crippen molar-refractivity contribution in [1.29, 1.82) is 5.26 Å². The van der Waals surface area contributed by atoms with Gasteiger partial charge in [-0.25, -0.2) is 0 Å². The van der Waals surface area contributed by atoms with E-state index in [4.69, 9.17) is 5.26 Å². The van der Waals surface area contributed by atoms with E-state index in [2.05, 4.69) is 10.6 Å². The van der Waals surface area contributed by atoms with Crippen molar-refractivity contribution in [1.82, 2.24) is 5.32 Å². The van der Waals surface area contributed by atoms with E-state index in [9.17, 15) is 4.79 Å². The van der Waals surface area contributed by atoms with Crippen molar-refractivity contribution < 1.29 is 4.79 Å². The van der Waals surface area contributed by atoms with Crippen LogP contribution in [0.3, 0.4) is 0 Å². The minimum atomic E-state index is -0.294. The Balaban J connectivity index is 1.99.